The van der Waals surface area contributed by atoms with E-state index in [1.165, 1.54) is 5.56 Å². The molecular weight excluding hydrogens is 437 g/mol. The van der Waals surface area contributed by atoms with E-state index < -0.39 is 0 Å². The average molecular weight is 462 g/mol. The highest BCUT2D eigenvalue weighted by Gasteiger charge is 2.34. The lowest BCUT2D eigenvalue weighted by Crippen LogP contribution is -2.41. The number of rotatable bonds is 5. The molecule has 1 fully saturated rings. The van der Waals surface area contributed by atoms with Gasteiger partial charge in [0.25, 0.3) is 0 Å². The van der Waals surface area contributed by atoms with E-state index in [0.29, 0.717) is 13.1 Å². The van der Waals surface area contributed by atoms with Gasteiger partial charge < -0.3 is 15.4 Å². The fourth-order valence-corrected chi connectivity index (χ4v) is 3.02. The van der Waals surface area contributed by atoms with Crippen LogP contribution in [0, 0.1) is 12.3 Å². The van der Waals surface area contributed by atoms with Crippen molar-refractivity contribution in [2.24, 2.45) is 4.99 Å². The smallest absolute Gasteiger partial charge is 0.192 e. The van der Waals surface area contributed by atoms with Gasteiger partial charge >= 0.3 is 0 Å². The molecule has 1 saturated heterocycles. The van der Waals surface area contributed by atoms with Crippen LogP contribution >= 0.6 is 35.6 Å². The molecule has 1 heterocycles. The molecular formula is C18H25ClIN3O. The number of nitrogens with one attached hydrogen (secondary N) is 2. The standard InChI is InChI=1S/C18H24ClN3O.HI/c1-3-10-21-17(20-4-2)22-14-18(8-11-23-12-9-18)15-6-5-7-16(19)13-15;/h1,5-7,13H,4,8-12,14H2,2H3,(H2,20,21,22);1H. The maximum absolute atomic E-state index is 6.19. The van der Waals surface area contributed by atoms with Crippen molar-refractivity contribution in [3.63, 3.8) is 0 Å². The lowest BCUT2D eigenvalue weighted by atomic mass is 9.74. The molecule has 1 aromatic carbocycles. The predicted molar refractivity (Wildman–Crippen MR) is 111 cm³/mol. The van der Waals surface area contributed by atoms with Crippen molar-refractivity contribution in [3.8, 4) is 12.3 Å². The molecule has 4 nitrogen and oxygen atoms in total. The topological polar surface area (TPSA) is 45.7 Å². The summed E-state index contributed by atoms with van der Waals surface area (Å²) in [4.78, 5) is 4.75. The summed E-state index contributed by atoms with van der Waals surface area (Å²) in [5.41, 5.74) is 1.19. The first-order valence-corrected chi connectivity index (χ1v) is 8.37. The Morgan fingerprint density at radius 2 is 2.12 bits per heavy atom. The first-order chi connectivity index (χ1) is 11.2. The van der Waals surface area contributed by atoms with Crippen LogP contribution in [0.4, 0.5) is 0 Å². The van der Waals surface area contributed by atoms with Gasteiger partial charge in [0.1, 0.15) is 0 Å². The Morgan fingerprint density at radius 1 is 1.38 bits per heavy atom. The van der Waals surface area contributed by atoms with Gasteiger partial charge in [-0.2, -0.15) is 0 Å². The third kappa shape index (κ3) is 5.83. The van der Waals surface area contributed by atoms with Gasteiger partial charge in [0, 0.05) is 30.2 Å². The highest BCUT2D eigenvalue weighted by atomic mass is 127. The van der Waals surface area contributed by atoms with Crippen LogP contribution in [-0.4, -0.2) is 38.8 Å². The Bertz CT molecular complexity index is 580. The van der Waals surface area contributed by atoms with E-state index in [1.807, 2.05) is 25.1 Å². The minimum atomic E-state index is -0.0400. The number of guanidine groups is 1. The van der Waals surface area contributed by atoms with Gasteiger partial charge in [0.15, 0.2) is 5.96 Å². The molecule has 2 rings (SSSR count). The van der Waals surface area contributed by atoms with Crippen LogP contribution < -0.4 is 10.6 Å². The third-order valence-corrected chi connectivity index (χ3v) is 4.36. The maximum atomic E-state index is 6.19. The molecule has 0 spiro atoms. The summed E-state index contributed by atoms with van der Waals surface area (Å²) in [6.45, 7) is 5.46. The molecule has 1 aliphatic rings. The molecule has 0 aliphatic carbocycles. The summed E-state index contributed by atoms with van der Waals surface area (Å²) in [5.74, 6) is 3.32. The van der Waals surface area contributed by atoms with Crippen molar-refractivity contribution >= 4 is 41.5 Å². The van der Waals surface area contributed by atoms with Crippen molar-refractivity contribution in [1.29, 1.82) is 0 Å². The average Bonchev–Trinajstić information content (AvgIpc) is 2.58. The number of ether oxygens (including phenoxy) is 1. The first kappa shape index (κ1) is 21.1. The number of hydrogen-bond donors (Lipinski definition) is 2. The number of aliphatic imine (C=N–C) groups is 1. The largest absolute Gasteiger partial charge is 0.381 e. The van der Waals surface area contributed by atoms with Gasteiger partial charge in [-0.3, -0.25) is 4.99 Å². The molecule has 0 radical (unpaired) electrons. The highest BCUT2D eigenvalue weighted by molar-refractivity contribution is 14.0. The molecule has 0 unspecified atom stereocenters. The summed E-state index contributed by atoms with van der Waals surface area (Å²) in [6.07, 6.45) is 7.19. The molecule has 0 amide bonds. The van der Waals surface area contributed by atoms with Gasteiger partial charge in [0.2, 0.25) is 0 Å². The molecule has 0 atom stereocenters. The van der Waals surface area contributed by atoms with Gasteiger partial charge in [-0.1, -0.05) is 29.7 Å². The SMILES string of the molecule is C#CCNC(=NCC1(c2cccc(Cl)c2)CCOCC1)NCC.I. The van der Waals surface area contributed by atoms with Gasteiger partial charge in [-0.05, 0) is 37.5 Å². The molecule has 0 aromatic heterocycles. The number of benzene rings is 1. The molecule has 2 N–H and O–H groups in total. The molecule has 1 aliphatic heterocycles. The van der Waals surface area contributed by atoms with Crippen LogP contribution in [0.2, 0.25) is 5.02 Å². The van der Waals surface area contributed by atoms with E-state index in [-0.39, 0.29) is 29.4 Å². The molecule has 24 heavy (non-hydrogen) atoms. The van der Waals surface area contributed by atoms with Crippen molar-refractivity contribution in [2.75, 3.05) is 32.8 Å². The Hall–Kier alpha value is -0.970. The summed E-state index contributed by atoms with van der Waals surface area (Å²) >= 11 is 6.19. The maximum Gasteiger partial charge on any atom is 0.192 e. The number of halogens is 2. The molecule has 6 heteroatoms. The summed E-state index contributed by atoms with van der Waals surface area (Å²) in [6, 6.07) is 8.08. The Morgan fingerprint density at radius 3 is 2.75 bits per heavy atom. The fourth-order valence-electron chi connectivity index (χ4n) is 2.83. The van der Waals surface area contributed by atoms with Gasteiger partial charge in [0.05, 0.1) is 13.1 Å². The van der Waals surface area contributed by atoms with E-state index in [1.54, 1.807) is 0 Å². The lowest BCUT2D eigenvalue weighted by Gasteiger charge is -2.36. The molecule has 132 valence electrons. The minimum Gasteiger partial charge on any atom is -0.381 e. The minimum absolute atomic E-state index is 0. The Kier molecular flexibility index (Phi) is 9.49. The van der Waals surface area contributed by atoms with Gasteiger partial charge in [-0.25, -0.2) is 0 Å². The number of hydrogen-bond acceptors (Lipinski definition) is 2. The van der Waals surface area contributed by atoms with Crippen LogP contribution in [0.1, 0.15) is 25.3 Å². The zero-order chi connectivity index (χ0) is 16.5. The van der Waals surface area contributed by atoms with E-state index in [4.69, 9.17) is 27.8 Å². The predicted octanol–water partition coefficient (Wildman–Crippen LogP) is 3.19. The molecule has 1 aromatic rings. The van der Waals surface area contributed by atoms with Crippen LogP contribution in [0.3, 0.4) is 0 Å². The van der Waals surface area contributed by atoms with Crippen molar-refractivity contribution in [1.82, 2.24) is 10.6 Å². The van der Waals surface area contributed by atoms with Crippen LogP contribution in [-0.2, 0) is 10.2 Å². The Labute approximate surface area is 166 Å². The normalized spacial score (nSPS) is 16.6. The van der Waals surface area contributed by atoms with E-state index >= 15 is 0 Å². The summed E-state index contributed by atoms with van der Waals surface area (Å²) < 4.78 is 5.56. The first-order valence-electron chi connectivity index (χ1n) is 7.99. The van der Waals surface area contributed by atoms with Crippen molar-refractivity contribution in [2.45, 2.75) is 25.2 Å². The molecule has 0 bridgehead atoms. The van der Waals surface area contributed by atoms with Crippen LogP contribution in [0.25, 0.3) is 0 Å². The van der Waals surface area contributed by atoms with Crippen LogP contribution in [0.5, 0.6) is 0 Å². The van der Waals surface area contributed by atoms with Crippen molar-refractivity contribution < 1.29 is 4.74 Å². The zero-order valence-electron chi connectivity index (χ0n) is 14.0. The number of nitrogens with zero attached hydrogens (tertiary/aromatic N) is 1. The quantitative estimate of drug-likeness (QED) is 0.306. The van der Waals surface area contributed by atoms with E-state index in [2.05, 4.69) is 22.6 Å². The van der Waals surface area contributed by atoms with Gasteiger partial charge in [-0.15, -0.1) is 30.4 Å². The van der Waals surface area contributed by atoms with E-state index in [9.17, 15) is 0 Å². The van der Waals surface area contributed by atoms with E-state index in [0.717, 1.165) is 43.6 Å². The lowest BCUT2D eigenvalue weighted by molar-refractivity contribution is 0.0531. The zero-order valence-corrected chi connectivity index (χ0v) is 17.1. The Balaban J connectivity index is 0.00000288. The summed E-state index contributed by atoms with van der Waals surface area (Å²) in [5, 5.41) is 7.12. The second-order valence-corrected chi connectivity index (χ2v) is 6.09. The summed E-state index contributed by atoms with van der Waals surface area (Å²) in [7, 11) is 0. The monoisotopic (exact) mass is 461 g/mol. The fraction of sp³-hybridized carbons (Fsp3) is 0.500. The third-order valence-electron chi connectivity index (χ3n) is 4.13. The number of terminal acetylenes is 1. The van der Waals surface area contributed by atoms with Crippen LogP contribution in [0.15, 0.2) is 29.3 Å². The highest BCUT2D eigenvalue weighted by Crippen LogP contribution is 2.36. The second kappa shape index (κ2) is 10.8. The second-order valence-electron chi connectivity index (χ2n) is 5.66. The molecule has 0 saturated carbocycles. The van der Waals surface area contributed by atoms with Crippen molar-refractivity contribution in [3.05, 3.63) is 34.9 Å².